The van der Waals surface area contributed by atoms with Crippen LogP contribution in [0.4, 0.5) is 15.8 Å². The van der Waals surface area contributed by atoms with E-state index in [-0.39, 0.29) is 23.4 Å². The standard InChI is InChI=1S/C18H19FN2O3/c19-15-8-9-17(21(22)23)16(11-15)20-12-14-7-4-10-24-18(14)13-5-2-1-3-6-13/h1-3,5-6,8-9,11,14,18,20H,4,7,10,12H2. The molecular formula is C18H19FN2O3. The maximum atomic E-state index is 13.4. The van der Waals surface area contributed by atoms with Gasteiger partial charge in [-0.05, 0) is 24.5 Å². The molecule has 3 rings (SSSR count). The second-order valence-corrected chi connectivity index (χ2v) is 5.90. The molecule has 0 aliphatic carbocycles. The molecule has 0 radical (unpaired) electrons. The highest BCUT2D eigenvalue weighted by Gasteiger charge is 2.28. The third-order valence-electron chi connectivity index (χ3n) is 4.28. The Morgan fingerprint density at radius 1 is 1.25 bits per heavy atom. The van der Waals surface area contributed by atoms with E-state index in [0.717, 1.165) is 24.5 Å². The number of benzene rings is 2. The molecule has 1 saturated heterocycles. The van der Waals surface area contributed by atoms with Gasteiger partial charge in [-0.1, -0.05) is 30.3 Å². The Morgan fingerprint density at radius 2 is 2.04 bits per heavy atom. The van der Waals surface area contributed by atoms with Crippen molar-refractivity contribution in [1.82, 2.24) is 0 Å². The minimum atomic E-state index is -0.506. The van der Waals surface area contributed by atoms with Crippen LogP contribution in [0.3, 0.4) is 0 Å². The van der Waals surface area contributed by atoms with Crippen molar-refractivity contribution in [3.8, 4) is 0 Å². The fraction of sp³-hybridized carbons (Fsp3) is 0.333. The second-order valence-electron chi connectivity index (χ2n) is 5.90. The zero-order valence-electron chi connectivity index (χ0n) is 13.2. The predicted octanol–water partition coefficient (Wildman–Crippen LogP) is 4.31. The van der Waals surface area contributed by atoms with Gasteiger partial charge >= 0.3 is 0 Å². The third kappa shape index (κ3) is 3.71. The molecule has 1 N–H and O–H groups in total. The number of nitro benzene ring substituents is 1. The highest BCUT2D eigenvalue weighted by atomic mass is 19.1. The average molecular weight is 330 g/mol. The third-order valence-corrected chi connectivity index (χ3v) is 4.28. The van der Waals surface area contributed by atoms with Crippen molar-refractivity contribution in [3.05, 3.63) is 70.0 Å². The van der Waals surface area contributed by atoms with Crippen LogP contribution in [0.1, 0.15) is 24.5 Å². The van der Waals surface area contributed by atoms with Crippen LogP contribution in [0.25, 0.3) is 0 Å². The van der Waals surface area contributed by atoms with Gasteiger partial charge in [-0.15, -0.1) is 0 Å². The molecule has 2 atom stereocenters. The Labute approximate surface area is 139 Å². The van der Waals surface area contributed by atoms with Crippen molar-refractivity contribution in [3.63, 3.8) is 0 Å². The molecule has 126 valence electrons. The number of nitrogens with zero attached hydrogens (tertiary/aromatic N) is 1. The van der Waals surface area contributed by atoms with Crippen LogP contribution >= 0.6 is 0 Å². The number of anilines is 1. The maximum absolute atomic E-state index is 13.4. The first-order valence-electron chi connectivity index (χ1n) is 7.99. The molecule has 1 aliphatic heterocycles. The van der Waals surface area contributed by atoms with E-state index in [4.69, 9.17) is 4.74 Å². The summed E-state index contributed by atoms with van der Waals surface area (Å²) in [5.74, 6) is -0.327. The lowest BCUT2D eigenvalue weighted by molar-refractivity contribution is -0.384. The first-order valence-corrected chi connectivity index (χ1v) is 7.99. The van der Waals surface area contributed by atoms with Crippen molar-refractivity contribution in [2.45, 2.75) is 18.9 Å². The van der Waals surface area contributed by atoms with Crippen LogP contribution in [0.2, 0.25) is 0 Å². The van der Waals surface area contributed by atoms with Crippen molar-refractivity contribution in [2.75, 3.05) is 18.5 Å². The fourth-order valence-electron chi connectivity index (χ4n) is 3.11. The minimum absolute atomic E-state index is 0.0555. The zero-order valence-corrected chi connectivity index (χ0v) is 13.2. The van der Waals surface area contributed by atoms with Crippen LogP contribution in [-0.2, 0) is 4.74 Å². The average Bonchev–Trinajstić information content (AvgIpc) is 2.61. The van der Waals surface area contributed by atoms with E-state index in [1.54, 1.807) is 0 Å². The summed E-state index contributed by atoms with van der Waals surface area (Å²) in [6.07, 6.45) is 1.84. The molecule has 0 amide bonds. The van der Waals surface area contributed by atoms with E-state index in [1.807, 2.05) is 30.3 Å². The Bertz CT molecular complexity index is 709. The molecular weight excluding hydrogens is 311 g/mol. The summed E-state index contributed by atoms with van der Waals surface area (Å²) >= 11 is 0. The van der Waals surface area contributed by atoms with Crippen molar-refractivity contribution in [2.24, 2.45) is 5.92 Å². The number of nitrogens with one attached hydrogen (secondary N) is 1. The van der Waals surface area contributed by atoms with Gasteiger partial charge in [-0.25, -0.2) is 4.39 Å². The highest BCUT2D eigenvalue weighted by molar-refractivity contribution is 5.61. The molecule has 0 aromatic heterocycles. The monoisotopic (exact) mass is 330 g/mol. The summed E-state index contributed by atoms with van der Waals surface area (Å²) in [6.45, 7) is 1.19. The van der Waals surface area contributed by atoms with Crippen molar-refractivity contribution in [1.29, 1.82) is 0 Å². The summed E-state index contributed by atoms with van der Waals surface area (Å²) < 4.78 is 19.3. The lowest BCUT2D eigenvalue weighted by Gasteiger charge is -2.32. The van der Waals surface area contributed by atoms with Crippen LogP contribution in [-0.4, -0.2) is 18.1 Å². The van der Waals surface area contributed by atoms with Gasteiger partial charge in [0, 0.05) is 31.2 Å². The SMILES string of the molecule is O=[N+]([O-])c1ccc(F)cc1NCC1CCCOC1c1ccccc1. The van der Waals surface area contributed by atoms with Crippen LogP contribution in [0, 0.1) is 21.8 Å². The largest absolute Gasteiger partial charge is 0.379 e. The van der Waals surface area contributed by atoms with Gasteiger partial charge in [0.15, 0.2) is 0 Å². The number of hydrogen-bond acceptors (Lipinski definition) is 4. The molecule has 5 nitrogen and oxygen atoms in total. The first-order chi connectivity index (χ1) is 11.6. The molecule has 6 heteroatoms. The number of rotatable bonds is 5. The number of ether oxygens (including phenoxy) is 1. The molecule has 2 aromatic carbocycles. The van der Waals surface area contributed by atoms with Crippen molar-refractivity contribution >= 4 is 11.4 Å². The van der Waals surface area contributed by atoms with E-state index in [1.165, 1.54) is 12.1 Å². The van der Waals surface area contributed by atoms with E-state index >= 15 is 0 Å². The smallest absolute Gasteiger partial charge is 0.292 e. The van der Waals surface area contributed by atoms with Gasteiger partial charge in [0.05, 0.1) is 11.0 Å². The molecule has 0 saturated carbocycles. The molecule has 24 heavy (non-hydrogen) atoms. The van der Waals surface area contributed by atoms with E-state index < -0.39 is 10.7 Å². The second kappa shape index (κ2) is 7.40. The Kier molecular flexibility index (Phi) is 5.05. The summed E-state index contributed by atoms with van der Waals surface area (Å²) in [6, 6.07) is 13.4. The molecule has 0 spiro atoms. The zero-order chi connectivity index (χ0) is 16.9. The lowest BCUT2D eigenvalue weighted by atomic mass is 9.89. The Hall–Kier alpha value is -2.47. The fourth-order valence-corrected chi connectivity index (χ4v) is 3.11. The number of nitro groups is 1. The van der Waals surface area contributed by atoms with Gasteiger partial charge in [-0.2, -0.15) is 0 Å². The van der Waals surface area contributed by atoms with E-state index in [0.29, 0.717) is 13.2 Å². The van der Waals surface area contributed by atoms with Gasteiger partial charge in [0.1, 0.15) is 11.5 Å². The molecule has 2 unspecified atom stereocenters. The highest BCUT2D eigenvalue weighted by Crippen LogP contribution is 2.34. The van der Waals surface area contributed by atoms with E-state index in [9.17, 15) is 14.5 Å². The summed E-state index contributed by atoms with van der Waals surface area (Å²) in [7, 11) is 0. The predicted molar refractivity (Wildman–Crippen MR) is 89.4 cm³/mol. The Morgan fingerprint density at radius 3 is 2.79 bits per heavy atom. The quantitative estimate of drug-likeness (QED) is 0.655. The van der Waals surface area contributed by atoms with Gasteiger partial charge in [0.2, 0.25) is 0 Å². The molecule has 1 fully saturated rings. The molecule has 1 heterocycles. The van der Waals surface area contributed by atoms with Crippen molar-refractivity contribution < 1.29 is 14.1 Å². The molecule has 2 aromatic rings. The minimum Gasteiger partial charge on any atom is -0.379 e. The lowest BCUT2D eigenvalue weighted by Crippen LogP contribution is -2.28. The number of halogens is 1. The molecule has 0 bridgehead atoms. The van der Waals surface area contributed by atoms with Crippen LogP contribution < -0.4 is 5.32 Å². The first kappa shape index (κ1) is 16.4. The van der Waals surface area contributed by atoms with Gasteiger partial charge in [0.25, 0.3) is 5.69 Å². The maximum Gasteiger partial charge on any atom is 0.292 e. The number of hydrogen-bond donors (Lipinski definition) is 1. The molecule has 1 aliphatic rings. The van der Waals surface area contributed by atoms with E-state index in [2.05, 4.69) is 5.32 Å². The summed E-state index contributed by atoms with van der Waals surface area (Å²) in [5, 5.41) is 14.1. The van der Waals surface area contributed by atoms with Crippen LogP contribution in [0.5, 0.6) is 0 Å². The summed E-state index contributed by atoms with van der Waals surface area (Å²) in [5.41, 5.74) is 1.18. The van der Waals surface area contributed by atoms with Gasteiger partial charge in [-0.3, -0.25) is 10.1 Å². The van der Waals surface area contributed by atoms with Gasteiger partial charge < -0.3 is 10.1 Å². The topological polar surface area (TPSA) is 64.4 Å². The summed E-state index contributed by atoms with van der Waals surface area (Å²) in [4.78, 5) is 10.6. The van der Waals surface area contributed by atoms with Crippen LogP contribution in [0.15, 0.2) is 48.5 Å². The normalized spacial score (nSPS) is 20.5. The Balaban J connectivity index is 1.75.